The highest BCUT2D eigenvalue weighted by Gasteiger charge is 2.34. The normalized spacial score (nSPS) is 23.4. The second kappa shape index (κ2) is 5.41. The number of nitrogens with two attached hydrogens (primary N) is 1. The number of benzene rings is 1. The average Bonchev–Trinajstić information content (AvgIpc) is 2.73. The van der Waals surface area contributed by atoms with Crippen LogP contribution in [0.2, 0.25) is 0 Å². The molecular weight excluding hydrogens is 292 g/mol. The summed E-state index contributed by atoms with van der Waals surface area (Å²) in [6, 6.07) is 7.91. The van der Waals surface area contributed by atoms with E-state index in [0.717, 1.165) is 29.5 Å². The second-order valence-electron chi connectivity index (χ2n) is 5.39. The van der Waals surface area contributed by atoms with Gasteiger partial charge in [0.1, 0.15) is 0 Å². The molecule has 1 aliphatic rings. The minimum absolute atomic E-state index is 0.104. The molecule has 1 amide bonds. The van der Waals surface area contributed by atoms with E-state index in [4.69, 9.17) is 5.73 Å². The van der Waals surface area contributed by atoms with Crippen LogP contribution in [0, 0.1) is 5.41 Å². The number of likely N-dealkylation sites (tertiary alicyclic amines) is 1. The Bertz CT molecular complexity index is 449. The van der Waals surface area contributed by atoms with E-state index in [0.29, 0.717) is 13.0 Å². The van der Waals surface area contributed by atoms with E-state index in [2.05, 4.69) is 22.9 Å². The van der Waals surface area contributed by atoms with Gasteiger partial charge >= 0.3 is 0 Å². The molecule has 1 aromatic rings. The third-order valence-corrected chi connectivity index (χ3v) is 4.14. The van der Waals surface area contributed by atoms with E-state index in [1.54, 1.807) is 0 Å². The van der Waals surface area contributed by atoms with Crippen molar-refractivity contribution in [3.05, 3.63) is 34.3 Å². The number of carbonyl (C=O) groups excluding carboxylic acids is 1. The summed E-state index contributed by atoms with van der Waals surface area (Å²) < 4.78 is 1.01. The van der Waals surface area contributed by atoms with Gasteiger partial charge in [0.2, 0.25) is 5.91 Å². The lowest BCUT2D eigenvalue weighted by Crippen LogP contribution is -2.35. The van der Waals surface area contributed by atoms with Crippen LogP contribution in [0.5, 0.6) is 0 Å². The molecule has 1 saturated heterocycles. The molecule has 2 rings (SSSR count). The molecule has 0 aliphatic carbocycles. The Hall–Kier alpha value is -0.870. The zero-order valence-corrected chi connectivity index (χ0v) is 12.2. The van der Waals surface area contributed by atoms with Gasteiger partial charge in [0.25, 0.3) is 0 Å². The fourth-order valence-electron chi connectivity index (χ4n) is 2.34. The van der Waals surface area contributed by atoms with Crippen molar-refractivity contribution in [1.29, 1.82) is 0 Å². The van der Waals surface area contributed by atoms with Crippen LogP contribution in [0.4, 0.5) is 0 Å². The summed E-state index contributed by atoms with van der Waals surface area (Å²) in [5, 5.41) is 0. The van der Waals surface area contributed by atoms with E-state index >= 15 is 0 Å². The van der Waals surface area contributed by atoms with Crippen molar-refractivity contribution >= 4 is 21.8 Å². The predicted molar refractivity (Wildman–Crippen MR) is 76.2 cm³/mol. The van der Waals surface area contributed by atoms with Gasteiger partial charge in [-0.15, -0.1) is 0 Å². The molecule has 1 unspecified atom stereocenters. The number of nitrogens with zero attached hydrogens (tertiary/aromatic N) is 1. The van der Waals surface area contributed by atoms with E-state index < -0.39 is 0 Å². The molecule has 0 aromatic heterocycles. The largest absolute Gasteiger partial charge is 0.342 e. The third-order valence-electron chi connectivity index (χ3n) is 3.65. The summed E-state index contributed by atoms with van der Waals surface area (Å²) in [7, 11) is 0. The van der Waals surface area contributed by atoms with Crippen LogP contribution in [0.3, 0.4) is 0 Å². The van der Waals surface area contributed by atoms with Crippen LogP contribution < -0.4 is 5.73 Å². The highest BCUT2D eigenvalue weighted by atomic mass is 79.9. The van der Waals surface area contributed by atoms with Gasteiger partial charge in [0.05, 0.1) is 6.42 Å². The van der Waals surface area contributed by atoms with Crippen LogP contribution in [0.25, 0.3) is 0 Å². The molecule has 98 valence electrons. The lowest BCUT2D eigenvalue weighted by Gasteiger charge is -2.22. The molecule has 3 nitrogen and oxygen atoms in total. The van der Waals surface area contributed by atoms with Gasteiger partial charge in [-0.05, 0) is 36.1 Å². The van der Waals surface area contributed by atoms with Crippen LogP contribution in [-0.2, 0) is 11.2 Å². The zero-order chi connectivity index (χ0) is 13.2. The summed E-state index contributed by atoms with van der Waals surface area (Å²) in [5.74, 6) is 0.199. The Labute approximate surface area is 116 Å². The topological polar surface area (TPSA) is 46.3 Å². The minimum Gasteiger partial charge on any atom is -0.342 e. The quantitative estimate of drug-likeness (QED) is 0.930. The van der Waals surface area contributed by atoms with Gasteiger partial charge in [-0.25, -0.2) is 0 Å². The first-order chi connectivity index (χ1) is 8.52. The maximum atomic E-state index is 12.2. The standard InChI is InChI=1S/C14H19BrN2O/c1-14(9-16)5-6-17(10-14)13(18)8-11-3-2-4-12(15)7-11/h2-4,7H,5-6,8-10,16H2,1H3. The van der Waals surface area contributed by atoms with E-state index in [1.165, 1.54) is 0 Å². The van der Waals surface area contributed by atoms with Crippen molar-refractivity contribution in [2.75, 3.05) is 19.6 Å². The number of rotatable bonds is 3. The first-order valence-corrected chi connectivity index (χ1v) is 7.04. The van der Waals surface area contributed by atoms with Crippen LogP contribution in [0.15, 0.2) is 28.7 Å². The maximum Gasteiger partial charge on any atom is 0.227 e. The molecule has 4 heteroatoms. The minimum atomic E-state index is 0.104. The molecule has 1 fully saturated rings. The SMILES string of the molecule is CC1(CN)CCN(C(=O)Cc2cccc(Br)c2)C1. The lowest BCUT2D eigenvalue weighted by molar-refractivity contribution is -0.129. The van der Waals surface area contributed by atoms with Crippen molar-refractivity contribution in [2.24, 2.45) is 11.1 Å². The van der Waals surface area contributed by atoms with Gasteiger partial charge in [-0.2, -0.15) is 0 Å². The third kappa shape index (κ3) is 3.12. The molecule has 0 spiro atoms. The molecule has 2 N–H and O–H groups in total. The van der Waals surface area contributed by atoms with E-state index in [-0.39, 0.29) is 11.3 Å². The van der Waals surface area contributed by atoms with Gasteiger partial charge in [-0.1, -0.05) is 35.0 Å². The maximum absolute atomic E-state index is 12.2. The number of halogens is 1. The monoisotopic (exact) mass is 310 g/mol. The fourth-order valence-corrected chi connectivity index (χ4v) is 2.78. The molecule has 1 aromatic carbocycles. The summed E-state index contributed by atoms with van der Waals surface area (Å²) >= 11 is 3.42. The highest BCUT2D eigenvalue weighted by Crippen LogP contribution is 2.28. The molecule has 1 atom stereocenters. The smallest absolute Gasteiger partial charge is 0.227 e. The number of carbonyl (C=O) groups is 1. The van der Waals surface area contributed by atoms with Crippen molar-refractivity contribution in [3.63, 3.8) is 0 Å². The molecule has 18 heavy (non-hydrogen) atoms. The Balaban J connectivity index is 1.97. The average molecular weight is 311 g/mol. The molecular formula is C14H19BrN2O. The van der Waals surface area contributed by atoms with Crippen LogP contribution >= 0.6 is 15.9 Å². The number of hydrogen-bond acceptors (Lipinski definition) is 2. The van der Waals surface area contributed by atoms with Crippen LogP contribution in [0.1, 0.15) is 18.9 Å². The highest BCUT2D eigenvalue weighted by molar-refractivity contribution is 9.10. The molecule has 1 aliphatic heterocycles. The first-order valence-electron chi connectivity index (χ1n) is 6.25. The van der Waals surface area contributed by atoms with Gasteiger partial charge in [-0.3, -0.25) is 4.79 Å². The molecule has 1 heterocycles. The molecule has 0 bridgehead atoms. The Morgan fingerprint density at radius 2 is 2.33 bits per heavy atom. The van der Waals surface area contributed by atoms with Crippen molar-refractivity contribution in [3.8, 4) is 0 Å². The van der Waals surface area contributed by atoms with Crippen LogP contribution in [-0.4, -0.2) is 30.4 Å². The van der Waals surface area contributed by atoms with Gasteiger partial charge < -0.3 is 10.6 Å². The number of amides is 1. The zero-order valence-electron chi connectivity index (χ0n) is 10.7. The Kier molecular flexibility index (Phi) is 4.07. The van der Waals surface area contributed by atoms with Crippen molar-refractivity contribution in [1.82, 2.24) is 4.90 Å². The summed E-state index contributed by atoms with van der Waals surface area (Å²) in [5.41, 5.74) is 6.91. The van der Waals surface area contributed by atoms with Gasteiger partial charge in [0.15, 0.2) is 0 Å². The molecule has 0 saturated carbocycles. The number of hydrogen-bond donors (Lipinski definition) is 1. The fraction of sp³-hybridized carbons (Fsp3) is 0.500. The predicted octanol–water partition coefficient (Wildman–Crippen LogP) is 2.19. The van der Waals surface area contributed by atoms with Crippen molar-refractivity contribution in [2.45, 2.75) is 19.8 Å². The Morgan fingerprint density at radius 3 is 2.94 bits per heavy atom. The molecule has 0 radical (unpaired) electrons. The lowest BCUT2D eigenvalue weighted by atomic mass is 9.90. The van der Waals surface area contributed by atoms with Crippen molar-refractivity contribution < 1.29 is 4.79 Å². The van der Waals surface area contributed by atoms with Gasteiger partial charge in [0, 0.05) is 17.6 Å². The summed E-state index contributed by atoms with van der Waals surface area (Å²) in [4.78, 5) is 14.1. The second-order valence-corrected chi connectivity index (χ2v) is 6.30. The Morgan fingerprint density at radius 1 is 1.56 bits per heavy atom. The first kappa shape index (κ1) is 13.6. The summed E-state index contributed by atoms with van der Waals surface area (Å²) in [6.07, 6.45) is 1.48. The van der Waals surface area contributed by atoms with E-state index in [1.807, 2.05) is 29.2 Å². The van der Waals surface area contributed by atoms with E-state index in [9.17, 15) is 4.79 Å². The summed E-state index contributed by atoms with van der Waals surface area (Å²) in [6.45, 7) is 4.42.